The van der Waals surface area contributed by atoms with Crippen LogP contribution in [0, 0.1) is 28.6 Å². The van der Waals surface area contributed by atoms with Crippen LogP contribution in [0.3, 0.4) is 0 Å². The summed E-state index contributed by atoms with van der Waals surface area (Å²) in [5, 5.41) is 9.55. The topological polar surface area (TPSA) is 20.2 Å². The number of hydrogen-bond donors (Lipinski definition) is 1. The second-order valence-electron chi connectivity index (χ2n) is 7.13. The Balaban J connectivity index is 2.03. The SMILES string of the molecule is CC1(C)CCCC2(C)C3CC=C(CO)C2C31. The molecule has 0 heterocycles. The van der Waals surface area contributed by atoms with E-state index >= 15 is 0 Å². The quantitative estimate of drug-likeness (QED) is 0.672. The second kappa shape index (κ2) is 3.13. The van der Waals surface area contributed by atoms with Crippen LogP contribution in [0.25, 0.3) is 0 Å². The summed E-state index contributed by atoms with van der Waals surface area (Å²) < 4.78 is 0. The van der Waals surface area contributed by atoms with E-state index in [2.05, 4.69) is 26.8 Å². The van der Waals surface area contributed by atoms with Crippen LogP contribution in [0.2, 0.25) is 0 Å². The molecule has 3 aliphatic carbocycles. The molecule has 1 heteroatoms. The Labute approximate surface area is 98.9 Å². The highest BCUT2D eigenvalue weighted by Crippen LogP contribution is 2.72. The molecule has 0 aromatic carbocycles. The largest absolute Gasteiger partial charge is 0.392 e. The first-order valence-electron chi connectivity index (χ1n) is 6.80. The van der Waals surface area contributed by atoms with Crippen molar-refractivity contribution in [3.8, 4) is 0 Å². The molecule has 3 rings (SSSR count). The Bertz CT molecular complexity index is 341. The van der Waals surface area contributed by atoms with Crippen LogP contribution in [0.4, 0.5) is 0 Å². The fourth-order valence-corrected chi connectivity index (χ4v) is 5.23. The number of allylic oxidation sites excluding steroid dienone is 1. The smallest absolute Gasteiger partial charge is 0.0644 e. The van der Waals surface area contributed by atoms with E-state index < -0.39 is 0 Å². The highest BCUT2D eigenvalue weighted by Gasteiger charge is 2.65. The first kappa shape index (κ1) is 10.8. The second-order valence-corrected chi connectivity index (χ2v) is 7.13. The lowest BCUT2D eigenvalue weighted by atomic mass is 9.38. The van der Waals surface area contributed by atoms with Crippen molar-refractivity contribution in [3.63, 3.8) is 0 Å². The maximum absolute atomic E-state index is 9.55. The molecular formula is C15H24O. The zero-order valence-electron chi connectivity index (χ0n) is 10.8. The monoisotopic (exact) mass is 220 g/mol. The molecular weight excluding hydrogens is 196 g/mol. The molecule has 0 radical (unpaired) electrons. The van der Waals surface area contributed by atoms with Crippen molar-refractivity contribution in [1.82, 2.24) is 0 Å². The first-order chi connectivity index (χ1) is 7.50. The summed E-state index contributed by atoms with van der Waals surface area (Å²) in [6.07, 6.45) is 7.68. The van der Waals surface area contributed by atoms with Gasteiger partial charge >= 0.3 is 0 Å². The minimum atomic E-state index is 0.291. The van der Waals surface area contributed by atoms with E-state index in [9.17, 15) is 5.11 Å². The van der Waals surface area contributed by atoms with Gasteiger partial charge in [0, 0.05) is 0 Å². The Kier molecular flexibility index (Phi) is 2.12. The summed E-state index contributed by atoms with van der Waals surface area (Å²) in [5.41, 5.74) is 2.36. The van der Waals surface area contributed by atoms with Crippen LogP contribution < -0.4 is 0 Å². The molecule has 0 saturated heterocycles. The average molecular weight is 220 g/mol. The van der Waals surface area contributed by atoms with Crippen molar-refractivity contribution in [3.05, 3.63) is 11.6 Å². The van der Waals surface area contributed by atoms with Gasteiger partial charge in [-0.1, -0.05) is 33.3 Å². The van der Waals surface area contributed by atoms with Gasteiger partial charge in [-0.25, -0.2) is 0 Å². The number of aliphatic hydroxyl groups excluding tert-OH is 1. The standard InChI is InChI=1S/C15H24O/c1-14(2)7-4-8-15(3)11-6-5-10(9-16)12(15)13(11)14/h5,11-13,16H,4,6-9H2,1-3H3. The minimum absolute atomic E-state index is 0.291. The maximum atomic E-state index is 9.55. The van der Waals surface area contributed by atoms with Crippen molar-refractivity contribution in [2.24, 2.45) is 28.6 Å². The van der Waals surface area contributed by atoms with Crippen LogP contribution in [0.15, 0.2) is 11.6 Å². The van der Waals surface area contributed by atoms with Gasteiger partial charge in [-0.3, -0.25) is 0 Å². The Morgan fingerprint density at radius 2 is 2.06 bits per heavy atom. The normalized spacial score (nSPS) is 49.0. The Morgan fingerprint density at radius 1 is 1.31 bits per heavy atom. The summed E-state index contributed by atoms with van der Waals surface area (Å²) in [7, 11) is 0. The summed E-state index contributed by atoms with van der Waals surface area (Å²) in [5.74, 6) is 2.42. The van der Waals surface area contributed by atoms with Gasteiger partial charge in [0.2, 0.25) is 0 Å². The highest BCUT2D eigenvalue weighted by atomic mass is 16.3. The maximum Gasteiger partial charge on any atom is 0.0644 e. The predicted molar refractivity (Wildman–Crippen MR) is 66.0 cm³/mol. The van der Waals surface area contributed by atoms with Gasteiger partial charge in [-0.15, -0.1) is 0 Å². The van der Waals surface area contributed by atoms with Crippen molar-refractivity contribution in [2.45, 2.75) is 46.5 Å². The molecule has 4 bridgehead atoms. The van der Waals surface area contributed by atoms with Crippen LogP contribution >= 0.6 is 0 Å². The summed E-state index contributed by atoms with van der Waals surface area (Å²) in [6.45, 7) is 7.66. The molecule has 16 heavy (non-hydrogen) atoms. The zero-order valence-corrected chi connectivity index (χ0v) is 10.8. The highest BCUT2D eigenvalue weighted by molar-refractivity contribution is 5.29. The third-order valence-corrected chi connectivity index (χ3v) is 6.01. The van der Waals surface area contributed by atoms with E-state index in [4.69, 9.17) is 0 Å². The molecule has 90 valence electrons. The molecule has 3 aliphatic rings. The molecule has 0 amide bonds. The predicted octanol–water partition coefficient (Wildman–Crippen LogP) is 3.39. The molecule has 0 aliphatic heterocycles. The summed E-state index contributed by atoms with van der Waals surface area (Å²) in [4.78, 5) is 0. The van der Waals surface area contributed by atoms with Crippen LogP contribution in [0.1, 0.15) is 46.5 Å². The fourth-order valence-electron chi connectivity index (χ4n) is 5.23. The van der Waals surface area contributed by atoms with Gasteiger partial charge in [0.1, 0.15) is 0 Å². The average Bonchev–Trinajstić information content (AvgIpc) is 2.43. The molecule has 0 spiro atoms. The van der Waals surface area contributed by atoms with Crippen molar-refractivity contribution in [1.29, 1.82) is 0 Å². The van der Waals surface area contributed by atoms with Crippen molar-refractivity contribution in [2.75, 3.05) is 6.61 Å². The number of rotatable bonds is 1. The van der Waals surface area contributed by atoms with Gasteiger partial charge in [0.25, 0.3) is 0 Å². The molecule has 4 atom stereocenters. The van der Waals surface area contributed by atoms with Crippen molar-refractivity contribution < 1.29 is 5.11 Å². The molecule has 2 saturated carbocycles. The molecule has 4 unspecified atom stereocenters. The van der Waals surface area contributed by atoms with Gasteiger partial charge in [0.05, 0.1) is 6.61 Å². The lowest BCUT2D eigenvalue weighted by molar-refractivity contribution is -0.141. The Morgan fingerprint density at radius 3 is 2.75 bits per heavy atom. The van der Waals surface area contributed by atoms with E-state index in [1.54, 1.807) is 0 Å². The molecule has 2 fully saturated rings. The molecule has 0 aromatic heterocycles. The summed E-state index contributed by atoms with van der Waals surface area (Å²) in [6, 6.07) is 0. The van der Waals surface area contributed by atoms with E-state index in [0.29, 0.717) is 23.4 Å². The molecule has 1 nitrogen and oxygen atoms in total. The third-order valence-electron chi connectivity index (χ3n) is 6.01. The van der Waals surface area contributed by atoms with Crippen molar-refractivity contribution >= 4 is 0 Å². The third kappa shape index (κ3) is 1.11. The first-order valence-corrected chi connectivity index (χ1v) is 6.80. The van der Waals surface area contributed by atoms with Gasteiger partial charge in [-0.05, 0) is 53.4 Å². The van der Waals surface area contributed by atoms with Crippen LogP contribution in [-0.4, -0.2) is 11.7 Å². The number of hydrogen-bond acceptors (Lipinski definition) is 1. The Hall–Kier alpha value is -0.300. The lowest BCUT2D eigenvalue weighted by Gasteiger charge is -2.66. The van der Waals surface area contributed by atoms with Crippen LogP contribution in [0.5, 0.6) is 0 Å². The number of aliphatic hydroxyl groups is 1. The van der Waals surface area contributed by atoms with E-state index in [0.717, 1.165) is 11.8 Å². The van der Waals surface area contributed by atoms with E-state index in [1.807, 2.05) is 0 Å². The fraction of sp³-hybridized carbons (Fsp3) is 0.867. The van der Waals surface area contributed by atoms with E-state index in [1.165, 1.54) is 31.3 Å². The molecule has 0 aromatic rings. The van der Waals surface area contributed by atoms with Crippen LogP contribution in [-0.2, 0) is 0 Å². The minimum Gasteiger partial charge on any atom is -0.392 e. The summed E-state index contributed by atoms with van der Waals surface area (Å²) >= 11 is 0. The lowest BCUT2D eigenvalue weighted by Crippen LogP contribution is -2.60. The number of fused-ring (bicyclic) bond motifs is 1. The van der Waals surface area contributed by atoms with E-state index in [-0.39, 0.29) is 0 Å². The van der Waals surface area contributed by atoms with Gasteiger partial charge in [-0.2, -0.15) is 0 Å². The van der Waals surface area contributed by atoms with Gasteiger partial charge in [0.15, 0.2) is 0 Å². The molecule has 1 N–H and O–H groups in total. The van der Waals surface area contributed by atoms with Gasteiger partial charge < -0.3 is 5.11 Å². The zero-order chi connectivity index (χ0) is 11.6.